The number of carbonyl (C=O) groups is 2. The van der Waals surface area contributed by atoms with Gasteiger partial charge in [-0.15, -0.1) is 0 Å². The van der Waals surface area contributed by atoms with Crippen LogP contribution in [0.2, 0.25) is 5.02 Å². The quantitative estimate of drug-likeness (QED) is 0.181. The molecule has 1 aromatic heterocycles. The van der Waals surface area contributed by atoms with Gasteiger partial charge in [0.2, 0.25) is 0 Å². The Labute approximate surface area is 280 Å². The number of nitrogens with two attached hydrogens (primary N) is 1. The summed E-state index contributed by atoms with van der Waals surface area (Å²) < 4.78 is 5.47. The van der Waals surface area contributed by atoms with Gasteiger partial charge in [-0.2, -0.15) is 0 Å². The minimum Gasteiger partial charge on any atom is -0.476 e. The average molecular weight is 657 g/mol. The molecule has 4 N–H and O–H groups in total. The number of amides is 1. The van der Waals surface area contributed by atoms with Crippen molar-refractivity contribution in [3.05, 3.63) is 105 Å². The third-order valence-electron chi connectivity index (χ3n) is 8.99. The lowest BCUT2D eigenvalue weighted by Crippen LogP contribution is -2.47. The van der Waals surface area contributed by atoms with Crippen LogP contribution in [0.4, 0.5) is 17.1 Å². The highest BCUT2D eigenvalue weighted by Gasteiger charge is 2.43. The first-order valence-corrected chi connectivity index (χ1v) is 16.2. The molecule has 47 heavy (non-hydrogen) atoms. The van der Waals surface area contributed by atoms with Crippen LogP contribution in [-0.4, -0.2) is 67.1 Å². The molecule has 6 rings (SSSR count). The monoisotopic (exact) mass is 656 g/mol. The molecule has 0 bridgehead atoms. The number of oxazole rings is 1. The molecule has 1 saturated carbocycles. The van der Waals surface area contributed by atoms with Gasteiger partial charge in [0.05, 0.1) is 22.0 Å². The number of hydrogen-bond acceptors (Lipinski definition) is 8. The Morgan fingerprint density at radius 2 is 1.70 bits per heavy atom. The summed E-state index contributed by atoms with van der Waals surface area (Å²) in [5.41, 5.74) is 15.1. The topological polar surface area (TPSA) is 128 Å². The largest absolute Gasteiger partial charge is 0.476 e. The maximum absolute atomic E-state index is 13.4. The molecular weight excluding hydrogens is 616 g/mol. The van der Waals surface area contributed by atoms with Crippen LogP contribution in [0.15, 0.2) is 59.2 Å². The first-order valence-electron chi connectivity index (χ1n) is 15.9. The van der Waals surface area contributed by atoms with Crippen LogP contribution in [0.1, 0.15) is 72.8 Å². The third-order valence-corrected chi connectivity index (χ3v) is 9.30. The van der Waals surface area contributed by atoms with Gasteiger partial charge >= 0.3 is 5.97 Å². The first-order chi connectivity index (χ1) is 22.5. The van der Waals surface area contributed by atoms with Crippen molar-refractivity contribution < 1.29 is 19.1 Å². The number of carboxylic acid groups (broad SMARTS) is 1. The molecule has 2 fully saturated rings. The number of aromatic carboxylic acids is 1. The van der Waals surface area contributed by atoms with E-state index in [1.807, 2.05) is 14.1 Å². The highest BCUT2D eigenvalue weighted by atomic mass is 35.5. The molecule has 0 radical (unpaired) electrons. The van der Waals surface area contributed by atoms with E-state index in [4.69, 9.17) is 21.8 Å². The van der Waals surface area contributed by atoms with Crippen LogP contribution < -0.4 is 20.9 Å². The minimum absolute atomic E-state index is 0.0232. The predicted molar refractivity (Wildman–Crippen MR) is 185 cm³/mol. The average Bonchev–Trinajstić information content (AvgIpc) is 3.68. The van der Waals surface area contributed by atoms with Gasteiger partial charge in [0.1, 0.15) is 6.26 Å². The molecule has 2 unspecified atom stereocenters. The number of halogens is 1. The van der Waals surface area contributed by atoms with Crippen molar-refractivity contribution >= 4 is 40.5 Å². The molecule has 246 valence electrons. The van der Waals surface area contributed by atoms with Crippen molar-refractivity contribution in [3.8, 4) is 0 Å². The number of aryl methyl sites for hydroxylation is 2. The van der Waals surface area contributed by atoms with E-state index in [1.165, 1.54) is 23.1 Å². The zero-order chi connectivity index (χ0) is 33.4. The number of nitrogens with zero attached hydrogens (tertiary/aromatic N) is 4. The van der Waals surface area contributed by atoms with Crippen molar-refractivity contribution in [1.82, 2.24) is 15.2 Å². The van der Waals surface area contributed by atoms with E-state index in [1.54, 1.807) is 12.1 Å². The maximum Gasteiger partial charge on any atom is 0.357 e. The smallest absolute Gasteiger partial charge is 0.357 e. The fourth-order valence-electron chi connectivity index (χ4n) is 6.51. The molecule has 2 atom stereocenters. The van der Waals surface area contributed by atoms with Crippen molar-refractivity contribution in [2.45, 2.75) is 45.2 Å². The lowest BCUT2D eigenvalue weighted by atomic mass is 10.0. The molecular formula is C36H41ClN6O4. The second-order valence-electron chi connectivity index (χ2n) is 13.0. The SMILES string of the molecule is Cc1ccc(C)c(N2CCN(c3cc(Cl)c(C(=O)NCc4cc(CN(C)C)cc(C5CC5c5nc(C(=O)O)co5)c4)cc3N)CC2)c1. The van der Waals surface area contributed by atoms with E-state index in [2.05, 4.69) is 75.2 Å². The number of hydrogen-bond donors (Lipinski definition) is 3. The standard InChI is InChI=1S/C36H41ClN6O4/c1-21-5-6-22(2)32(11-21)42-7-9-43(10-8-42)33-17-29(37)28(16-30(33)38)34(44)39-18-23-12-24(19-41(3)4)14-25(13-23)26-15-27(26)35-40-31(20-47-35)36(45)46/h5-6,11-14,16-17,20,26-27H,7-10,15,18-19,38H2,1-4H3,(H,39,44)(H,45,46). The Morgan fingerprint density at radius 1 is 1.00 bits per heavy atom. The van der Waals surface area contributed by atoms with Gasteiger partial charge in [0.25, 0.3) is 5.91 Å². The number of anilines is 3. The summed E-state index contributed by atoms with van der Waals surface area (Å²) in [7, 11) is 4.02. The van der Waals surface area contributed by atoms with Crippen molar-refractivity contribution in [3.63, 3.8) is 0 Å². The summed E-state index contributed by atoms with van der Waals surface area (Å²) in [6.07, 6.45) is 2.01. The second-order valence-corrected chi connectivity index (χ2v) is 13.4. The van der Waals surface area contributed by atoms with E-state index < -0.39 is 5.97 Å². The van der Waals surface area contributed by atoms with Crippen molar-refractivity contribution in [1.29, 1.82) is 0 Å². The van der Waals surface area contributed by atoms with E-state index >= 15 is 0 Å². The number of nitrogen functional groups attached to an aromatic ring is 1. The summed E-state index contributed by atoms with van der Waals surface area (Å²) in [6, 6.07) is 16.4. The summed E-state index contributed by atoms with van der Waals surface area (Å²) in [6.45, 7) is 8.62. The Hall–Kier alpha value is -4.54. The Balaban J connectivity index is 1.12. The van der Waals surface area contributed by atoms with E-state index in [0.29, 0.717) is 28.7 Å². The maximum atomic E-state index is 13.4. The molecule has 1 aliphatic carbocycles. The zero-order valence-corrected chi connectivity index (χ0v) is 28.0. The highest BCUT2D eigenvalue weighted by Crippen LogP contribution is 2.54. The molecule has 1 amide bonds. The van der Waals surface area contributed by atoms with Crippen LogP contribution in [0.25, 0.3) is 0 Å². The number of aromatic nitrogens is 1. The molecule has 1 saturated heterocycles. The first kappa shape index (κ1) is 32.4. The van der Waals surface area contributed by atoms with Gasteiger partial charge < -0.3 is 35.3 Å². The number of rotatable bonds is 10. The highest BCUT2D eigenvalue weighted by molar-refractivity contribution is 6.34. The lowest BCUT2D eigenvalue weighted by Gasteiger charge is -2.38. The van der Waals surface area contributed by atoms with Crippen LogP contribution in [0.5, 0.6) is 0 Å². The fraction of sp³-hybridized carbons (Fsp3) is 0.361. The fourth-order valence-corrected chi connectivity index (χ4v) is 6.75. The van der Waals surface area contributed by atoms with Gasteiger partial charge in [0.15, 0.2) is 11.6 Å². The van der Waals surface area contributed by atoms with E-state index in [0.717, 1.165) is 61.5 Å². The van der Waals surface area contributed by atoms with Gasteiger partial charge in [-0.05, 0) is 86.3 Å². The van der Waals surface area contributed by atoms with Crippen LogP contribution in [0, 0.1) is 13.8 Å². The van der Waals surface area contributed by atoms with Gasteiger partial charge in [-0.25, -0.2) is 9.78 Å². The van der Waals surface area contributed by atoms with Crippen LogP contribution >= 0.6 is 11.6 Å². The Kier molecular flexibility index (Phi) is 9.16. The summed E-state index contributed by atoms with van der Waals surface area (Å²) in [5.74, 6) is -0.769. The van der Waals surface area contributed by atoms with Gasteiger partial charge in [-0.3, -0.25) is 4.79 Å². The van der Waals surface area contributed by atoms with Crippen LogP contribution in [0.3, 0.4) is 0 Å². The molecule has 0 spiro atoms. The molecule has 1 aliphatic heterocycles. The molecule has 2 aliphatic rings. The van der Waals surface area contributed by atoms with Crippen molar-refractivity contribution in [2.24, 2.45) is 0 Å². The Morgan fingerprint density at radius 3 is 2.38 bits per heavy atom. The lowest BCUT2D eigenvalue weighted by molar-refractivity contribution is 0.0690. The second kappa shape index (κ2) is 13.3. The van der Waals surface area contributed by atoms with Crippen molar-refractivity contribution in [2.75, 3.05) is 55.8 Å². The number of benzene rings is 3. The number of nitrogens with one attached hydrogen (secondary N) is 1. The Bertz CT molecular complexity index is 1810. The predicted octanol–water partition coefficient (Wildman–Crippen LogP) is 5.81. The summed E-state index contributed by atoms with van der Waals surface area (Å²) >= 11 is 6.70. The van der Waals surface area contributed by atoms with Gasteiger partial charge in [-0.1, -0.05) is 41.9 Å². The number of piperazine rings is 1. The molecule has 4 aromatic rings. The zero-order valence-electron chi connectivity index (χ0n) is 27.2. The summed E-state index contributed by atoms with van der Waals surface area (Å²) in [5, 5.41) is 12.6. The molecule has 2 heterocycles. The molecule has 3 aromatic carbocycles. The molecule has 11 heteroatoms. The number of carboxylic acids is 1. The normalized spacial score (nSPS) is 17.7. The third kappa shape index (κ3) is 7.24. The number of carbonyl (C=O) groups excluding carboxylic acids is 1. The molecule has 10 nitrogen and oxygen atoms in total. The van der Waals surface area contributed by atoms with Gasteiger partial charge in [0, 0.05) is 50.9 Å². The minimum atomic E-state index is -1.11. The van der Waals surface area contributed by atoms with Crippen LogP contribution in [-0.2, 0) is 13.1 Å². The summed E-state index contributed by atoms with van der Waals surface area (Å²) in [4.78, 5) is 35.5. The van der Waals surface area contributed by atoms with E-state index in [9.17, 15) is 14.7 Å². The van der Waals surface area contributed by atoms with E-state index in [-0.39, 0.29) is 23.4 Å².